The SMILES string of the molecule is CC/C=C\C/C=C\C/C=C\C/C=C\C/C=C\C/C=C\CCC(=O)NC(COC1OC(CO)C(O)C(O)C1O)C(O)CCCCCCC. The fraction of sp³-hybridized carbons (Fsp3) is 0.658. The van der Waals surface area contributed by atoms with E-state index in [0.29, 0.717) is 12.8 Å². The summed E-state index contributed by atoms with van der Waals surface area (Å²) in [5.74, 6) is -0.239. The summed E-state index contributed by atoms with van der Waals surface area (Å²) in [7, 11) is 0. The highest BCUT2D eigenvalue weighted by Crippen LogP contribution is 2.22. The molecular weight excluding hydrogens is 598 g/mol. The Morgan fingerprint density at radius 2 is 1.28 bits per heavy atom. The van der Waals surface area contributed by atoms with Crippen molar-refractivity contribution in [1.82, 2.24) is 5.32 Å². The average Bonchev–Trinajstić information content (AvgIpc) is 3.07. The van der Waals surface area contributed by atoms with Gasteiger partial charge in [-0.3, -0.25) is 4.79 Å². The van der Waals surface area contributed by atoms with Crippen molar-refractivity contribution in [3.63, 3.8) is 0 Å². The minimum atomic E-state index is -1.57. The van der Waals surface area contributed by atoms with Gasteiger partial charge < -0.3 is 40.3 Å². The van der Waals surface area contributed by atoms with E-state index in [4.69, 9.17) is 9.47 Å². The first-order valence-electron chi connectivity index (χ1n) is 17.6. The van der Waals surface area contributed by atoms with Crippen molar-refractivity contribution >= 4 is 5.91 Å². The van der Waals surface area contributed by atoms with Crippen LogP contribution < -0.4 is 5.32 Å². The zero-order valence-electron chi connectivity index (χ0n) is 28.7. The summed E-state index contributed by atoms with van der Waals surface area (Å²) in [5, 5.41) is 53.5. The second kappa shape index (κ2) is 28.6. The summed E-state index contributed by atoms with van der Waals surface area (Å²) in [6.07, 6.45) is 29.7. The fourth-order valence-corrected chi connectivity index (χ4v) is 4.94. The molecule has 0 radical (unpaired) electrons. The van der Waals surface area contributed by atoms with E-state index in [2.05, 4.69) is 79.9 Å². The molecule has 0 spiro atoms. The summed E-state index contributed by atoms with van der Waals surface area (Å²) in [5.41, 5.74) is 0. The highest BCUT2D eigenvalue weighted by atomic mass is 16.7. The van der Waals surface area contributed by atoms with Crippen molar-refractivity contribution < 1.29 is 39.8 Å². The molecule has 268 valence electrons. The number of hydrogen-bond donors (Lipinski definition) is 6. The number of carbonyl (C=O) groups is 1. The maximum Gasteiger partial charge on any atom is 0.220 e. The first-order valence-corrected chi connectivity index (χ1v) is 17.6. The summed E-state index contributed by atoms with van der Waals surface area (Å²) in [4.78, 5) is 12.7. The number of hydrogen-bond acceptors (Lipinski definition) is 8. The molecule has 0 aliphatic carbocycles. The molecule has 6 N–H and O–H groups in total. The van der Waals surface area contributed by atoms with Crippen molar-refractivity contribution in [2.45, 2.75) is 147 Å². The van der Waals surface area contributed by atoms with Crippen molar-refractivity contribution in [2.75, 3.05) is 13.2 Å². The van der Waals surface area contributed by atoms with Crippen molar-refractivity contribution in [3.05, 3.63) is 72.9 Å². The molecule has 0 saturated carbocycles. The van der Waals surface area contributed by atoms with Gasteiger partial charge in [-0.1, -0.05) is 119 Å². The standard InChI is InChI=1S/C38H63NO8/c1-3-5-7-9-10-11-12-13-14-15-16-17-18-19-20-21-22-24-26-28-34(42)39-31(32(41)27-25-23-8-6-4-2)30-46-38-37(45)36(44)35(43)33(29-40)47-38/h5,7,10-11,13-14,16-17,19-20,22,24,31-33,35-38,40-41,43-45H,3-4,6,8-9,12,15,18,21,23,25-30H2,1-2H3,(H,39,42)/b7-5-,11-10-,14-13-,17-16-,20-19-,24-22-. The Morgan fingerprint density at radius 1 is 0.745 bits per heavy atom. The number of aliphatic hydroxyl groups excluding tert-OH is 5. The molecule has 0 aromatic rings. The topological polar surface area (TPSA) is 149 Å². The zero-order valence-corrected chi connectivity index (χ0v) is 28.7. The van der Waals surface area contributed by atoms with Crippen LogP contribution in [0, 0.1) is 0 Å². The quantitative estimate of drug-likeness (QED) is 0.0527. The lowest BCUT2D eigenvalue weighted by Crippen LogP contribution is -2.60. The Bertz CT molecular complexity index is 957. The van der Waals surface area contributed by atoms with Gasteiger partial charge in [0, 0.05) is 6.42 Å². The second-order valence-electron chi connectivity index (χ2n) is 11.9. The van der Waals surface area contributed by atoms with E-state index in [9.17, 15) is 30.3 Å². The molecule has 1 amide bonds. The molecule has 7 unspecified atom stereocenters. The first-order chi connectivity index (χ1) is 22.8. The molecule has 47 heavy (non-hydrogen) atoms. The molecule has 1 rings (SSSR count). The molecule has 1 heterocycles. The maximum absolute atomic E-state index is 12.7. The van der Waals surface area contributed by atoms with E-state index in [1.807, 2.05) is 12.2 Å². The van der Waals surface area contributed by atoms with Crippen molar-refractivity contribution in [1.29, 1.82) is 0 Å². The van der Waals surface area contributed by atoms with E-state index < -0.39 is 49.5 Å². The molecule has 1 aliphatic heterocycles. The molecule has 1 saturated heterocycles. The molecular formula is C38H63NO8. The minimum Gasteiger partial charge on any atom is -0.394 e. The number of amides is 1. The third-order valence-corrected chi connectivity index (χ3v) is 7.84. The van der Waals surface area contributed by atoms with Gasteiger partial charge in [0.05, 0.1) is 25.4 Å². The molecule has 7 atom stereocenters. The van der Waals surface area contributed by atoms with Gasteiger partial charge in [-0.05, 0) is 51.4 Å². The summed E-state index contributed by atoms with van der Waals surface area (Å²) in [6.45, 7) is 3.53. The number of allylic oxidation sites excluding steroid dienone is 12. The van der Waals surface area contributed by atoms with Gasteiger partial charge >= 0.3 is 0 Å². The second-order valence-corrected chi connectivity index (χ2v) is 11.9. The van der Waals surface area contributed by atoms with Crippen LogP contribution in [0.5, 0.6) is 0 Å². The molecule has 0 bridgehead atoms. The molecule has 1 aliphatic rings. The summed E-state index contributed by atoms with van der Waals surface area (Å²) >= 11 is 0. The van der Waals surface area contributed by atoms with Crippen LogP contribution in [0.1, 0.15) is 104 Å². The van der Waals surface area contributed by atoms with Gasteiger partial charge in [0.2, 0.25) is 5.91 Å². The van der Waals surface area contributed by atoms with Crippen LogP contribution in [0.15, 0.2) is 72.9 Å². The molecule has 9 nitrogen and oxygen atoms in total. The Labute approximate surface area is 283 Å². The predicted molar refractivity (Wildman–Crippen MR) is 188 cm³/mol. The number of nitrogens with one attached hydrogen (secondary N) is 1. The van der Waals surface area contributed by atoms with Crippen molar-refractivity contribution in [3.8, 4) is 0 Å². The van der Waals surface area contributed by atoms with Crippen LogP contribution in [-0.2, 0) is 14.3 Å². The summed E-state index contributed by atoms with van der Waals surface area (Å²) < 4.78 is 11.1. The number of ether oxygens (including phenoxy) is 2. The van der Waals surface area contributed by atoms with E-state index in [0.717, 1.165) is 70.6 Å². The molecule has 9 heteroatoms. The van der Waals surface area contributed by atoms with Gasteiger partial charge in [-0.25, -0.2) is 0 Å². The normalized spacial score (nSPS) is 23.8. The molecule has 1 fully saturated rings. The maximum atomic E-state index is 12.7. The predicted octanol–water partition coefficient (Wildman–Crippen LogP) is 5.49. The van der Waals surface area contributed by atoms with E-state index in [1.165, 1.54) is 0 Å². The third kappa shape index (κ3) is 20.6. The van der Waals surface area contributed by atoms with Crippen LogP contribution >= 0.6 is 0 Å². The lowest BCUT2D eigenvalue weighted by Gasteiger charge is -2.40. The number of unbranched alkanes of at least 4 members (excludes halogenated alkanes) is 4. The van der Waals surface area contributed by atoms with Crippen LogP contribution in [0.25, 0.3) is 0 Å². The molecule has 0 aromatic carbocycles. The number of rotatable bonds is 26. The first kappa shape index (κ1) is 42.7. The minimum absolute atomic E-state index is 0.176. The van der Waals surface area contributed by atoms with Crippen LogP contribution in [0.3, 0.4) is 0 Å². The van der Waals surface area contributed by atoms with Gasteiger partial charge in [0.25, 0.3) is 0 Å². The van der Waals surface area contributed by atoms with E-state index in [-0.39, 0.29) is 18.9 Å². The Balaban J connectivity index is 2.42. The zero-order chi connectivity index (χ0) is 34.5. The average molecular weight is 662 g/mol. The van der Waals surface area contributed by atoms with Crippen LogP contribution in [0.2, 0.25) is 0 Å². The van der Waals surface area contributed by atoms with E-state index in [1.54, 1.807) is 0 Å². The van der Waals surface area contributed by atoms with Gasteiger partial charge in [0.15, 0.2) is 6.29 Å². The monoisotopic (exact) mass is 661 g/mol. The third-order valence-electron chi connectivity index (χ3n) is 7.84. The smallest absolute Gasteiger partial charge is 0.220 e. The Hall–Kier alpha value is -2.37. The highest BCUT2D eigenvalue weighted by Gasteiger charge is 2.44. The number of aliphatic hydroxyl groups is 5. The summed E-state index contributed by atoms with van der Waals surface area (Å²) in [6, 6.07) is -0.758. The highest BCUT2D eigenvalue weighted by molar-refractivity contribution is 5.76. The Kier molecular flexibility index (Phi) is 26.0. The van der Waals surface area contributed by atoms with Gasteiger partial charge in [-0.2, -0.15) is 0 Å². The Morgan fingerprint density at radius 3 is 1.81 bits per heavy atom. The van der Waals surface area contributed by atoms with Gasteiger partial charge in [0.1, 0.15) is 24.4 Å². The largest absolute Gasteiger partial charge is 0.394 e. The molecule has 0 aromatic heterocycles. The fourth-order valence-electron chi connectivity index (χ4n) is 4.94. The number of carbonyl (C=O) groups excluding carboxylic acids is 1. The van der Waals surface area contributed by atoms with Crippen LogP contribution in [-0.4, -0.2) is 87.5 Å². The lowest BCUT2D eigenvalue weighted by atomic mass is 9.99. The lowest BCUT2D eigenvalue weighted by molar-refractivity contribution is -0.302. The van der Waals surface area contributed by atoms with Gasteiger partial charge in [-0.15, -0.1) is 0 Å². The van der Waals surface area contributed by atoms with Crippen molar-refractivity contribution in [2.24, 2.45) is 0 Å². The van der Waals surface area contributed by atoms with E-state index >= 15 is 0 Å². The van der Waals surface area contributed by atoms with Crippen LogP contribution in [0.4, 0.5) is 0 Å².